The van der Waals surface area contributed by atoms with Gasteiger partial charge in [-0.1, -0.05) is 6.42 Å². The molecule has 1 fully saturated rings. The van der Waals surface area contributed by atoms with E-state index >= 15 is 0 Å². The highest BCUT2D eigenvalue weighted by molar-refractivity contribution is 7.71. The monoisotopic (exact) mass is 239 g/mol. The molecule has 0 aromatic heterocycles. The summed E-state index contributed by atoms with van der Waals surface area (Å²) in [6, 6.07) is 5.54. The first-order valence-electron chi connectivity index (χ1n) is 5.68. The van der Waals surface area contributed by atoms with E-state index in [1.54, 1.807) is 13.2 Å². The fourth-order valence-electron chi connectivity index (χ4n) is 2.23. The normalized spacial score (nSPS) is 19.3. The maximum atomic E-state index is 12.7. The molecule has 88 valence electrons. The van der Waals surface area contributed by atoms with Crippen molar-refractivity contribution in [3.05, 3.63) is 18.2 Å². The number of nitrogens with two attached hydrogens (primary N) is 1. The smallest absolute Gasteiger partial charge is 0.142 e. The molecule has 0 radical (unpaired) electrons. The first-order chi connectivity index (χ1) is 7.65. The molecule has 2 N–H and O–H groups in total. The van der Waals surface area contributed by atoms with E-state index < -0.39 is 7.14 Å². The lowest BCUT2D eigenvalue weighted by Crippen LogP contribution is -2.15. The summed E-state index contributed by atoms with van der Waals surface area (Å²) >= 11 is 0. The molecule has 1 aliphatic rings. The van der Waals surface area contributed by atoms with Crippen molar-refractivity contribution in [1.29, 1.82) is 0 Å². The molecule has 1 aromatic rings. The summed E-state index contributed by atoms with van der Waals surface area (Å²) in [4.78, 5) is 0. The second-order valence-electron chi connectivity index (χ2n) is 4.32. The molecular formula is C12H18NO2P. The lowest BCUT2D eigenvalue weighted by atomic mass is 10.3. The SMILES string of the molecule is COc1cc(P2(=O)CCCCC2)ccc1N. The van der Waals surface area contributed by atoms with Crippen molar-refractivity contribution in [2.45, 2.75) is 19.3 Å². The Balaban J connectivity index is 2.36. The van der Waals surface area contributed by atoms with Crippen LogP contribution in [0.1, 0.15) is 19.3 Å². The Morgan fingerprint density at radius 2 is 1.94 bits per heavy atom. The second-order valence-corrected chi connectivity index (χ2v) is 7.51. The molecule has 1 aliphatic heterocycles. The van der Waals surface area contributed by atoms with Crippen LogP contribution in [-0.4, -0.2) is 19.4 Å². The summed E-state index contributed by atoms with van der Waals surface area (Å²) in [5, 5.41) is 0.929. The van der Waals surface area contributed by atoms with Crippen LogP contribution in [0.5, 0.6) is 5.75 Å². The van der Waals surface area contributed by atoms with E-state index in [1.807, 2.05) is 12.1 Å². The highest BCUT2D eigenvalue weighted by Gasteiger charge is 2.27. The van der Waals surface area contributed by atoms with Gasteiger partial charge in [-0.2, -0.15) is 0 Å². The van der Waals surface area contributed by atoms with Crippen LogP contribution in [0.4, 0.5) is 5.69 Å². The third kappa shape index (κ3) is 2.10. The number of benzene rings is 1. The quantitative estimate of drug-likeness (QED) is 0.637. The highest BCUT2D eigenvalue weighted by atomic mass is 31.2. The topological polar surface area (TPSA) is 52.3 Å². The van der Waals surface area contributed by atoms with Gasteiger partial charge in [0.1, 0.15) is 12.9 Å². The molecule has 0 aliphatic carbocycles. The number of anilines is 1. The van der Waals surface area contributed by atoms with Crippen molar-refractivity contribution in [2.75, 3.05) is 25.2 Å². The Bertz CT molecular complexity index is 421. The minimum Gasteiger partial charge on any atom is -0.495 e. The largest absolute Gasteiger partial charge is 0.495 e. The number of hydrogen-bond acceptors (Lipinski definition) is 3. The van der Waals surface area contributed by atoms with Crippen LogP contribution in [-0.2, 0) is 4.57 Å². The van der Waals surface area contributed by atoms with Gasteiger partial charge < -0.3 is 15.0 Å². The molecule has 1 saturated heterocycles. The summed E-state index contributed by atoms with van der Waals surface area (Å²) in [5.41, 5.74) is 6.36. The number of ether oxygens (including phenoxy) is 1. The van der Waals surface area contributed by atoms with Crippen LogP contribution >= 0.6 is 7.14 Å². The molecule has 16 heavy (non-hydrogen) atoms. The Hall–Kier alpha value is -0.950. The van der Waals surface area contributed by atoms with Crippen molar-refractivity contribution in [1.82, 2.24) is 0 Å². The van der Waals surface area contributed by atoms with E-state index in [4.69, 9.17) is 10.5 Å². The van der Waals surface area contributed by atoms with Gasteiger partial charge in [-0.15, -0.1) is 0 Å². The molecule has 0 unspecified atom stereocenters. The fourth-order valence-corrected chi connectivity index (χ4v) is 5.14. The third-order valence-corrected chi connectivity index (χ3v) is 6.52. The second kappa shape index (κ2) is 4.50. The van der Waals surface area contributed by atoms with Crippen molar-refractivity contribution in [3.8, 4) is 5.75 Å². The van der Waals surface area contributed by atoms with Crippen LogP contribution in [0.25, 0.3) is 0 Å². The Labute approximate surface area is 96.4 Å². The van der Waals surface area contributed by atoms with Gasteiger partial charge in [0.05, 0.1) is 12.8 Å². The average molecular weight is 239 g/mol. The number of nitrogen functional groups attached to an aromatic ring is 1. The zero-order valence-corrected chi connectivity index (χ0v) is 10.5. The van der Waals surface area contributed by atoms with E-state index in [0.29, 0.717) is 11.4 Å². The van der Waals surface area contributed by atoms with Crippen molar-refractivity contribution < 1.29 is 9.30 Å². The summed E-state index contributed by atoms with van der Waals surface area (Å²) in [6.07, 6.45) is 5.02. The molecule has 1 heterocycles. The maximum absolute atomic E-state index is 12.7. The van der Waals surface area contributed by atoms with Crippen LogP contribution in [0.2, 0.25) is 0 Å². The first kappa shape index (κ1) is 11.5. The van der Waals surface area contributed by atoms with Gasteiger partial charge >= 0.3 is 0 Å². The summed E-state index contributed by atoms with van der Waals surface area (Å²) in [7, 11) is -0.572. The van der Waals surface area contributed by atoms with E-state index in [1.165, 1.54) is 6.42 Å². The van der Waals surface area contributed by atoms with Gasteiger partial charge in [-0.25, -0.2) is 0 Å². The predicted molar refractivity (Wildman–Crippen MR) is 68.2 cm³/mol. The summed E-state index contributed by atoms with van der Waals surface area (Å²) < 4.78 is 17.9. The standard InChI is InChI=1S/C12H18NO2P/c1-15-12-9-10(5-6-11(12)13)16(14)7-3-2-4-8-16/h5-6,9H,2-4,7-8,13H2,1H3. The van der Waals surface area contributed by atoms with E-state index in [9.17, 15) is 4.57 Å². The van der Waals surface area contributed by atoms with E-state index in [-0.39, 0.29) is 0 Å². The van der Waals surface area contributed by atoms with Crippen molar-refractivity contribution in [2.24, 2.45) is 0 Å². The zero-order chi connectivity index (χ0) is 11.6. The Morgan fingerprint density at radius 1 is 1.25 bits per heavy atom. The molecule has 0 bridgehead atoms. The number of hydrogen-bond donors (Lipinski definition) is 1. The van der Waals surface area contributed by atoms with Gasteiger partial charge in [-0.3, -0.25) is 0 Å². The zero-order valence-electron chi connectivity index (χ0n) is 9.61. The van der Waals surface area contributed by atoms with E-state index in [2.05, 4.69) is 0 Å². The summed E-state index contributed by atoms with van der Waals surface area (Å²) in [6.45, 7) is 0. The Morgan fingerprint density at radius 3 is 2.56 bits per heavy atom. The average Bonchev–Trinajstić information content (AvgIpc) is 2.30. The van der Waals surface area contributed by atoms with Crippen molar-refractivity contribution >= 4 is 18.1 Å². The van der Waals surface area contributed by atoms with Crippen molar-refractivity contribution in [3.63, 3.8) is 0 Å². The molecule has 0 spiro atoms. The number of rotatable bonds is 2. The predicted octanol–water partition coefficient (Wildman–Crippen LogP) is 2.45. The number of methoxy groups -OCH3 is 1. The molecule has 0 atom stereocenters. The van der Waals surface area contributed by atoms with Gasteiger partial charge in [0, 0.05) is 17.6 Å². The molecule has 0 amide bonds. The van der Waals surface area contributed by atoms with Gasteiger partial charge in [-0.05, 0) is 31.0 Å². The van der Waals surface area contributed by atoms with Gasteiger partial charge in [0.25, 0.3) is 0 Å². The van der Waals surface area contributed by atoms with Crippen LogP contribution < -0.4 is 15.8 Å². The van der Waals surface area contributed by atoms with E-state index in [0.717, 1.165) is 30.5 Å². The maximum Gasteiger partial charge on any atom is 0.142 e. The highest BCUT2D eigenvalue weighted by Crippen LogP contribution is 2.49. The minimum atomic E-state index is -2.16. The fraction of sp³-hybridized carbons (Fsp3) is 0.500. The Kier molecular flexibility index (Phi) is 3.25. The lowest BCUT2D eigenvalue weighted by Gasteiger charge is -2.23. The first-order valence-corrected chi connectivity index (χ1v) is 7.75. The van der Waals surface area contributed by atoms with Crippen LogP contribution in [0.15, 0.2) is 18.2 Å². The van der Waals surface area contributed by atoms with Crippen LogP contribution in [0.3, 0.4) is 0 Å². The molecule has 3 nitrogen and oxygen atoms in total. The van der Waals surface area contributed by atoms with Gasteiger partial charge in [0.15, 0.2) is 0 Å². The third-order valence-electron chi connectivity index (χ3n) is 3.23. The molecule has 0 saturated carbocycles. The lowest BCUT2D eigenvalue weighted by molar-refractivity contribution is 0.417. The molecular weight excluding hydrogens is 221 g/mol. The minimum absolute atomic E-state index is 0.606. The molecule has 1 aromatic carbocycles. The van der Waals surface area contributed by atoms with Gasteiger partial charge in [0.2, 0.25) is 0 Å². The van der Waals surface area contributed by atoms with Crippen LogP contribution in [0, 0.1) is 0 Å². The molecule has 4 heteroatoms. The summed E-state index contributed by atoms with van der Waals surface area (Å²) in [5.74, 6) is 0.637. The molecule has 2 rings (SSSR count).